The Morgan fingerprint density at radius 1 is 0.767 bits per heavy atom. The number of fused-ring (bicyclic) bond motifs is 3. The van der Waals surface area contributed by atoms with Gasteiger partial charge in [0.1, 0.15) is 0 Å². The molecule has 0 saturated carbocycles. The van der Waals surface area contributed by atoms with Crippen LogP contribution < -0.4 is 24.8 Å². The van der Waals surface area contributed by atoms with Gasteiger partial charge in [0.15, 0.2) is 0 Å². The predicted octanol–water partition coefficient (Wildman–Crippen LogP) is 4.62. The molecule has 1 aliphatic carbocycles. The van der Waals surface area contributed by atoms with Crippen LogP contribution >= 0.6 is 0 Å². The topological polar surface area (TPSA) is 0 Å². The zero-order valence-electron chi connectivity index (χ0n) is 28.2. The zero-order chi connectivity index (χ0) is 30.6. The number of aryl methyl sites for hydroxylation is 2. The Morgan fingerprint density at radius 3 is 1.84 bits per heavy atom. The molecule has 0 atom stereocenters. The molecule has 0 aliphatic heterocycles. The molecule has 0 spiro atoms. The molecule has 5 rings (SSSR count). The van der Waals surface area contributed by atoms with Crippen molar-refractivity contribution in [1.29, 1.82) is 0 Å². The monoisotopic (exact) mass is 690 g/mol. The number of benzene rings is 3. The van der Waals surface area contributed by atoms with Gasteiger partial charge in [-0.3, -0.25) is 0 Å². The number of halogens is 2. The van der Waals surface area contributed by atoms with Crippen molar-refractivity contribution in [1.82, 2.24) is 0 Å². The molecule has 3 heteroatoms. The van der Waals surface area contributed by atoms with Crippen LogP contribution in [0.5, 0.6) is 0 Å². The van der Waals surface area contributed by atoms with E-state index in [1.807, 2.05) is 6.07 Å². The first kappa shape index (κ1) is 39.4. The molecule has 0 saturated heterocycles. The van der Waals surface area contributed by atoms with Crippen LogP contribution in [0.3, 0.4) is 0 Å². The van der Waals surface area contributed by atoms with E-state index in [1.54, 1.807) is 0 Å². The molecule has 0 nitrogen and oxygen atoms in total. The van der Waals surface area contributed by atoms with Crippen molar-refractivity contribution in [3.8, 4) is 11.1 Å². The van der Waals surface area contributed by atoms with Crippen LogP contribution in [-0.2, 0) is 53.3 Å². The number of rotatable bonds is 2. The van der Waals surface area contributed by atoms with Crippen LogP contribution in [0.1, 0.15) is 114 Å². The van der Waals surface area contributed by atoms with E-state index >= 15 is 0 Å². The van der Waals surface area contributed by atoms with Gasteiger partial charge in [0.2, 0.25) is 0 Å². The third-order valence-corrected chi connectivity index (χ3v) is 8.56. The Morgan fingerprint density at radius 2 is 1.37 bits per heavy atom. The second-order valence-electron chi connectivity index (χ2n) is 14.4. The van der Waals surface area contributed by atoms with Crippen molar-refractivity contribution in [3.63, 3.8) is 0 Å². The standard InChI is InChI=1S/C21H25.C12H19.C7H6.2ClH.Zr/c1-20(2,3)16-7-9-18-14(12-16)11-15-13-17(21(4,5)6)8-10-19(15)18;1-6-10-7-9(2)8-11(10)12(3,4)5;1-7-5-3-2-4-6-7;;;/h7-10,12H,11H2,1-6H3;7-8H,6H2,1-5H3;1-6H;2*1H;/q2*-1;;;;+2/p-2. The molecule has 0 radical (unpaired) electrons. The van der Waals surface area contributed by atoms with Crippen molar-refractivity contribution in [2.45, 2.75) is 105 Å². The van der Waals surface area contributed by atoms with Crippen molar-refractivity contribution < 1.29 is 49.0 Å². The summed E-state index contributed by atoms with van der Waals surface area (Å²) in [7, 11) is 0. The van der Waals surface area contributed by atoms with Gasteiger partial charge < -0.3 is 24.8 Å². The maximum atomic E-state index is 3.67. The molecule has 4 aromatic rings. The van der Waals surface area contributed by atoms with Crippen molar-refractivity contribution in [2.75, 3.05) is 0 Å². The molecule has 0 unspecified atom stereocenters. The van der Waals surface area contributed by atoms with Crippen LogP contribution in [0.15, 0.2) is 72.8 Å². The summed E-state index contributed by atoms with van der Waals surface area (Å²) in [5, 5.41) is 0. The van der Waals surface area contributed by atoms with Gasteiger partial charge in [-0.25, -0.2) is 6.07 Å². The average Bonchev–Trinajstić information content (AvgIpc) is 3.48. The average molecular weight is 693 g/mol. The molecule has 0 N–H and O–H groups in total. The summed E-state index contributed by atoms with van der Waals surface area (Å²) in [6.45, 7) is 24.8. The molecule has 0 bridgehead atoms. The van der Waals surface area contributed by atoms with E-state index in [0.29, 0.717) is 5.41 Å². The summed E-state index contributed by atoms with van der Waals surface area (Å²) in [6, 6.07) is 30.1. The Hall–Kier alpha value is -1.66. The van der Waals surface area contributed by atoms with Crippen LogP contribution in [0.2, 0.25) is 0 Å². The van der Waals surface area contributed by atoms with Gasteiger partial charge in [-0.1, -0.05) is 112 Å². The summed E-state index contributed by atoms with van der Waals surface area (Å²) in [5.41, 5.74) is 14.8. The second-order valence-corrected chi connectivity index (χ2v) is 15.2. The van der Waals surface area contributed by atoms with Crippen LogP contribution in [0.25, 0.3) is 11.1 Å². The molecular weight excluding hydrogens is 643 g/mol. The second kappa shape index (κ2) is 16.1. The summed E-state index contributed by atoms with van der Waals surface area (Å²) in [6.07, 6.45) is 2.18. The van der Waals surface area contributed by atoms with Gasteiger partial charge in [0.05, 0.1) is 0 Å². The summed E-state index contributed by atoms with van der Waals surface area (Å²) in [5.74, 6) is 0. The first-order valence-corrected chi connectivity index (χ1v) is 16.5. The number of hydrogen-bond donors (Lipinski definition) is 0. The normalized spacial score (nSPS) is 11.8. The van der Waals surface area contributed by atoms with E-state index in [0.717, 1.165) is 12.8 Å². The molecule has 0 amide bonds. The molecule has 0 fully saturated rings. The SMILES string of the molecule is CC(C)(C)c1[c-]c2c(cc1)-c1ccc(C(C)(C)C)cc1C2.CCc1[cH-]c(C)cc1C(C)(C)C.[Cl-].[Cl-].[Zr+2]=[CH]c1ccccc1. The van der Waals surface area contributed by atoms with Gasteiger partial charge in [-0.2, -0.15) is 46.5 Å². The molecule has 1 aliphatic rings. The summed E-state index contributed by atoms with van der Waals surface area (Å²) < 4.78 is 2.17. The van der Waals surface area contributed by atoms with E-state index in [4.69, 9.17) is 0 Å². The third kappa shape index (κ3) is 10.7. The summed E-state index contributed by atoms with van der Waals surface area (Å²) in [4.78, 5) is 0. The van der Waals surface area contributed by atoms with Gasteiger partial charge >= 0.3 is 63.8 Å². The van der Waals surface area contributed by atoms with E-state index in [9.17, 15) is 0 Å². The first-order chi connectivity index (χ1) is 19.0. The minimum absolute atomic E-state index is 0. The fraction of sp³-hybridized carbons (Fsp3) is 0.400. The first-order valence-electron chi connectivity index (χ1n) is 15.1. The Labute approximate surface area is 290 Å². The maximum absolute atomic E-state index is 3.67. The van der Waals surface area contributed by atoms with Gasteiger partial charge in [-0.15, -0.1) is 11.1 Å². The van der Waals surface area contributed by atoms with Gasteiger partial charge in [0.25, 0.3) is 0 Å². The molecular formula is C40H50Cl2Zr-2. The van der Waals surface area contributed by atoms with Crippen molar-refractivity contribution >= 4 is 3.71 Å². The Bertz CT molecular complexity index is 1390. The minimum atomic E-state index is 0. The third-order valence-electron chi connectivity index (χ3n) is 7.74. The van der Waals surface area contributed by atoms with E-state index < -0.39 is 0 Å². The molecule has 4 aromatic carbocycles. The van der Waals surface area contributed by atoms with Crippen LogP contribution in [0.4, 0.5) is 0 Å². The Balaban J connectivity index is 0.000000357. The van der Waals surface area contributed by atoms with Gasteiger partial charge in [0, 0.05) is 0 Å². The van der Waals surface area contributed by atoms with Crippen molar-refractivity contribution in [3.05, 3.63) is 123 Å². The van der Waals surface area contributed by atoms with Crippen molar-refractivity contribution in [2.24, 2.45) is 0 Å². The molecule has 0 heterocycles. The van der Waals surface area contributed by atoms with Crippen LogP contribution in [-0.4, -0.2) is 3.71 Å². The van der Waals surface area contributed by atoms with Crippen LogP contribution in [0, 0.1) is 13.0 Å². The van der Waals surface area contributed by atoms with E-state index in [-0.39, 0.29) is 35.6 Å². The van der Waals surface area contributed by atoms with E-state index in [1.165, 1.54) is 79.9 Å². The van der Waals surface area contributed by atoms with E-state index in [2.05, 4.69) is 153 Å². The zero-order valence-corrected chi connectivity index (χ0v) is 32.1. The quantitative estimate of drug-likeness (QED) is 0.237. The summed E-state index contributed by atoms with van der Waals surface area (Å²) >= 11 is 1.46. The predicted molar refractivity (Wildman–Crippen MR) is 177 cm³/mol. The Kier molecular flexibility index (Phi) is 14.7. The fourth-order valence-corrected chi connectivity index (χ4v) is 5.76. The van der Waals surface area contributed by atoms with Gasteiger partial charge in [-0.05, 0) is 28.4 Å². The number of hydrogen-bond acceptors (Lipinski definition) is 0. The molecule has 0 aromatic heterocycles. The molecule has 230 valence electrons. The molecule has 43 heavy (non-hydrogen) atoms. The fourth-order valence-electron chi connectivity index (χ4n) is 5.28.